The van der Waals surface area contributed by atoms with Crippen LogP contribution in [0.2, 0.25) is 26.2 Å². The molecule has 0 saturated heterocycles. The Morgan fingerprint density at radius 1 is 0.929 bits per heavy atom. The fraction of sp³-hybridized carbons (Fsp3) is 1.00. The maximum absolute atomic E-state index is 6.25. The Hall–Kier alpha value is 0.274. The predicted molar refractivity (Wildman–Crippen MR) is 66.6 cm³/mol. The van der Waals surface area contributed by atoms with Crippen molar-refractivity contribution in [2.75, 3.05) is 28.2 Å². The van der Waals surface area contributed by atoms with Crippen LogP contribution in [0, 0.1) is 0 Å². The molecule has 0 aliphatic heterocycles. The number of hydrogen-bond donors (Lipinski definition) is 1. The van der Waals surface area contributed by atoms with Crippen molar-refractivity contribution in [3.8, 4) is 0 Å². The van der Waals surface area contributed by atoms with Crippen LogP contribution in [0.1, 0.15) is 0 Å². The van der Waals surface area contributed by atoms with E-state index in [9.17, 15) is 0 Å². The Kier molecular flexibility index (Phi) is 4.96. The van der Waals surface area contributed by atoms with Gasteiger partial charge in [-0.2, -0.15) is 0 Å². The number of hydrazine groups is 1. The molecule has 0 aliphatic carbocycles. The van der Waals surface area contributed by atoms with Crippen molar-refractivity contribution < 1.29 is 4.12 Å². The van der Waals surface area contributed by atoms with E-state index >= 15 is 0 Å². The molecule has 0 rings (SSSR count). The predicted octanol–water partition coefficient (Wildman–Crippen LogP) is 1.03. The number of rotatable bonds is 5. The topological polar surface area (TPSA) is 27.7 Å². The molecule has 6 heteroatoms. The molecule has 0 unspecified atom stereocenters. The van der Waals surface area contributed by atoms with Gasteiger partial charge in [0.1, 0.15) is 0 Å². The Morgan fingerprint density at radius 3 is 1.64 bits per heavy atom. The molecule has 0 saturated carbocycles. The highest BCUT2D eigenvalue weighted by molar-refractivity contribution is 6.82. The summed E-state index contributed by atoms with van der Waals surface area (Å²) in [4.78, 5) is 0. The van der Waals surface area contributed by atoms with E-state index in [0.717, 1.165) is 0 Å². The van der Waals surface area contributed by atoms with Gasteiger partial charge in [0.15, 0.2) is 0 Å². The van der Waals surface area contributed by atoms with E-state index in [0.29, 0.717) is 0 Å². The summed E-state index contributed by atoms with van der Waals surface area (Å²) in [5.41, 5.74) is 0. The standard InChI is InChI=1S/C8H25N3OSi2/c1-10(2)9-13(5,6)12-14(7,8)11(3)4/h9H,1-8H3. The molecule has 0 amide bonds. The number of nitrogens with zero attached hydrogens (tertiary/aromatic N) is 2. The van der Waals surface area contributed by atoms with Crippen LogP contribution in [0.4, 0.5) is 0 Å². The Balaban J connectivity index is 4.34. The lowest BCUT2D eigenvalue weighted by Gasteiger charge is -2.39. The molecule has 0 aromatic heterocycles. The molecule has 14 heavy (non-hydrogen) atoms. The first-order valence-corrected chi connectivity index (χ1v) is 10.7. The smallest absolute Gasteiger partial charge is 0.266 e. The SMILES string of the molecule is CN(C)N[Si](C)(C)O[Si](C)(C)N(C)C. The van der Waals surface area contributed by atoms with Crippen molar-refractivity contribution in [1.29, 1.82) is 0 Å². The summed E-state index contributed by atoms with van der Waals surface area (Å²) in [6.45, 7) is 8.81. The molecule has 0 heterocycles. The second-order valence-corrected chi connectivity index (χ2v) is 12.8. The maximum atomic E-state index is 6.25. The van der Waals surface area contributed by atoms with Gasteiger partial charge >= 0.3 is 0 Å². The third-order valence-electron chi connectivity index (χ3n) is 2.07. The van der Waals surface area contributed by atoms with Gasteiger partial charge in [-0.05, 0) is 40.3 Å². The zero-order valence-electron chi connectivity index (χ0n) is 10.8. The van der Waals surface area contributed by atoms with E-state index < -0.39 is 17.0 Å². The minimum absolute atomic E-state index is 1.68. The first-order valence-electron chi connectivity index (χ1n) is 4.89. The summed E-state index contributed by atoms with van der Waals surface area (Å²) in [6.07, 6.45) is 0. The van der Waals surface area contributed by atoms with Crippen LogP contribution in [0.15, 0.2) is 0 Å². The van der Waals surface area contributed by atoms with Gasteiger partial charge in [0.25, 0.3) is 17.0 Å². The van der Waals surface area contributed by atoms with Crippen LogP contribution in [0.3, 0.4) is 0 Å². The average molecular weight is 235 g/mol. The molecule has 0 atom stereocenters. The fourth-order valence-electron chi connectivity index (χ4n) is 1.28. The lowest BCUT2D eigenvalue weighted by molar-refractivity contribution is 0.320. The largest absolute Gasteiger partial charge is 0.432 e. The summed E-state index contributed by atoms with van der Waals surface area (Å²) in [6, 6.07) is 0. The van der Waals surface area contributed by atoms with Gasteiger partial charge in [0.2, 0.25) is 0 Å². The van der Waals surface area contributed by atoms with Crippen molar-refractivity contribution in [1.82, 2.24) is 14.7 Å². The second-order valence-electron chi connectivity index (χ2n) is 4.96. The van der Waals surface area contributed by atoms with Crippen LogP contribution >= 0.6 is 0 Å². The molecule has 4 nitrogen and oxygen atoms in total. The average Bonchev–Trinajstić information content (AvgIpc) is 1.79. The van der Waals surface area contributed by atoms with E-state index in [4.69, 9.17) is 4.12 Å². The van der Waals surface area contributed by atoms with Crippen molar-refractivity contribution >= 4 is 17.0 Å². The summed E-state index contributed by atoms with van der Waals surface area (Å²) < 4.78 is 8.47. The molecule has 0 bridgehead atoms. The first-order chi connectivity index (χ1) is 6.07. The molecule has 0 fully saturated rings. The monoisotopic (exact) mass is 235 g/mol. The molecule has 1 N–H and O–H groups in total. The molecular formula is C8H25N3OSi2. The molecular weight excluding hydrogens is 210 g/mol. The highest BCUT2D eigenvalue weighted by atomic mass is 28.4. The summed E-state index contributed by atoms with van der Waals surface area (Å²) in [5.74, 6) is 0. The van der Waals surface area contributed by atoms with Gasteiger partial charge in [-0.3, -0.25) is 10.1 Å². The molecule has 0 aromatic rings. The van der Waals surface area contributed by atoms with Gasteiger partial charge in [-0.15, -0.1) is 0 Å². The lowest BCUT2D eigenvalue weighted by Crippen LogP contribution is -2.62. The lowest BCUT2D eigenvalue weighted by atomic mass is 11.2. The summed E-state index contributed by atoms with van der Waals surface area (Å²) in [5, 5.41) is 5.37. The van der Waals surface area contributed by atoms with E-state index in [2.05, 4.69) is 49.9 Å². The number of hydrogen-bond acceptors (Lipinski definition) is 4. The van der Waals surface area contributed by atoms with E-state index in [1.54, 1.807) is 0 Å². The van der Waals surface area contributed by atoms with Crippen molar-refractivity contribution in [2.24, 2.45) is 0 Å². The van der Waals surface area contributed by atoms with Crippen LogP contribution < -0.4 is 5.09 Å². The zero-order valence-corrected chi connectivity index (χ0v) is 12.8. The third-order valence-corrected chi connectivity index (χ3v) is 9.25. The maximum Gasteiger partial charge on any atom is 0.266 e. The highest BCUT2D eigenvalue weighted by Gasteiger charge is 2.35. The molecule has 0 spiro atoms. The van der Waals surface area contributed by atoms with Gasteiger partial charge < -0.3 is 8.68 Å². The van der Waals surface area contributed by atoms with Crippen LogP contribution in [-0.4, -0.2) is 54.7 Å². The summed E-state index contributed by atoms with van der Waals surface area (Å²) >= 11 is 0. The van der Waals surface area contributed by atoms with Crippen molar-refractivity contribution in [3.05, 3.63) is 0 Å². The first kappa shape index (κ1) is 14.3. The van der Waals surface area contributed by atoms with Gasteiger partial charge in [0, 0.05) is 14.1 Å². The van der Waals surface area contributed by atoms with E-state index in [-0.39, 0.29) is 0 Å². The quantitative estimate of drug-likeness (QED) is 0.569. The van der Waals surface area contributed by atoms with E-state index in [1.165, 1.54) is 0 Å². The van der Waals surface area contributed by atoms with Crippen LogP contribution in [0.25, 0.3) is 0 Å². The van der Waals surface area contributed by atoms with Gasteiger partial charge in [-0.1, -0.05) is 0 Å². The highest BCUT2D eigenvalue weighted by Crippen LogP contribution is 2.13. The van der Waals surface area contributed by atoms with Crippen molar-refractivity contribution in [3.63, 3.8) is 0 Å². The van der Waals surface area contributed by atoms with E-state index in [1.807, 2.05) is 19.1 Å². The zero-order chi connectivity index (χ0) is 11.6. The normalized spacial score (nSPS) is 14.1. The third kappa shape index (κ3) is 5.23. The van der Waals surface area contributed by atoms with Crippen LogP contribution in [-0.2, 0) is 4.12 Å². The molecule has 0 aliphatic rings. The molecule has 0 aromatic carbocycles. The van der Waals surface area contributed by atoms with Crippen molar-refractivity contribution in [2.45, 2.75) is 26.2 Å². The molecule has 86 valence electrons. The van der Waals surface area contributed by atoms with Crippen LogP contribution in [0.5, 0.6) is 0 Å². The van der Waals surface area contributed by atoms with Gasteiger partial charge in [-0.25, -0.2) is 0 Å². The number of nitrogens with one attached hydrogen (secondary N) is 1. The Labute approximate surface area is 90.6 Å². The minimum Gasteiger partial charge on any atom is -0.432 e. The minimum atomic E-state index is -1.77. The fourth-order valence-corrected chi connectivity index (χ4v) is 8.26. The Morgan fingerprint density at radius 2 is 1.36 bits per heavy atom. The molecule has 0 radical (unpaired) electrons. The Bertz CT molecular complexity index is 183. The summed E-state index contributed by atoms with van der Waals surface area (Å²) in [7, 11) is 4.74. The second kappa shape index (κ2) is 4.86. The van der Waals surface area contributed by atoms with Gasteiger partial charge in [0.05, 0.1) is 0 Å².